The van der Waals surface area contributed by atoms with Gasteiger partial charge in [-0.3, -0.25) is 14.4 Å². The van der Waals surface area contributed by atoms with E-state index in [9.17, 15) is 4.79 Å². The number of nitrogens with zero attached hydrogens (tertiary/aromatic N) is 5. The summed E-state index contributed by atoms with van der Waals surface area (Å²) in [4.78, 5) is 13.5. The molecule has 0 unspecified atom stereocenters. The third-order valence-electron chi connectivity index (χ3n) is 4.53. The summed E-state index contributed by atoms with van der Waals surface area (Å²) in [5, 5.41) is 11.7. The number of aromatic nitrogens is 4. The van der Waals surface area contributed by atoms with E-state index in [1.54, 1.807) is 6.20 Å². The first-order chi connectivity index (χ1) is 12.7. The van der Waals surface area contributed by atoms with Crippen molar-refractivity contribution in [3.05, 3.63) is 65.7 Å². The summed E-state index contributed by atoms with van der Waals surface area (Å²) >= 11 is 0. The van der Waals surface area contributed by atoms with Gasteiger partial charge in [-0.05, 0) is 29.8 Å². The summed E-state index contributed by atoms with van der Waals surface area (Å²) in [6.45, 7) is 5.59. The lowest BCUT2D eigenvalue weighted by Crippen LogP contribution is -2.33. The monoisotopic (exact) mass is 350 g/mol. The second-order valence-electron chi connectivity index (χ2n) is 6.59. The quantitative estimate of drug-likeness (QED) is 0.761. The Kier molecular flexibility index (Phi) is 4.53. The average molecular weight is 350 g/mol. The molecule has 0 atom stereocenters. The van der Waals surface area contributed by atoms with Crippen molar-refractivity contribution in [1.82, 2.24) is 29.8 Å². The molecule has 1 aliphatic rings. The molecule has 0 spiro atoms. The number of nitrogens with one attached hydrogen (secondary N) is 1. The lowest BCUT2D eigenvalue weighted by atomic mass is 10.1. The van der Waals surface area contributed by atoms with Crippen LogP contribution < -0.4 is 5.32 Å². The minimum atomic E-state index is -0.0327. The molecule has 7 nitrogen and oxygen atoms in total. The van der Waals surface area contributed by atoms with Crippen molar-refractivity contribution in [1.29, 1.82) is 0 Å². The first-order valence-electron chi connectivity index (χ1n) is 8.79. The molecule has 26 heavy (non-hydrogen) atoms. The molecule has 1 aromatic carbocycles. The predicted molar refractivity (Wildman–Crippen MR) is 97.4 cm³/mol. The standard InChI is InChI=1S/C19H22N6O/c1-15(26)20-12-17-11-19-14-23(8-9-25(19)22-17)13-16-4-2-5-18(10-16)24-7-3-6-21-24/h2-7,10-11H,8-9,12-14H2,1H3,(H,20,26). The van der Waals surface area contributed by atoms with Crippen LogP contribution in [0.2, 0.25) is 0 Å². The predicted octanol–water partition coefficient (Wildman–Crippen LogP) is 1.72. The van der Waals surface area contributed by atoms with Crippen LogP contribution in [0.3, 0.4) is 0 Å². The van der Waals surface area contributed by atoms with E-state index < -0.39 is 0 Å². The largest absolute Gasteiger partial charge is 0.351 e. The first-order valence-corrected chi connectivity index (χ1v) is 8.79. The van der Waals surface area contributed by atoms with E-state index in [-0.39, 0.29) is 5.91 Å². The van der Waals surface area contributed by atoms with E-state index in [0.29, 0.717) is 6.54 Å². The average Bonchev–Trinajstić information content (AvgIpc) is 3.29. The Hall–Kier alpha value is -2.93. The fourth-order valence-corrected chi connectivity index (χ4v) is 3.29. The highest BCUT2D eigenvalue weighted by atomic mass is 16.1. The van der Waals surface area contributed by atoms with Gasteiger partial charge in [0.15, 0.2) is 0 Å². The molecule has 1 N–H and O–H groups in total. The smallest absolute Gasteiger partial charge is 0.217 e. The molecule has 0 fully saturated rings. The van der Waals surface area contributed by atoms with Crippen molar-refractivity contribution in [2.24, 2.45) is 0 Å². The summed E-state index contributed by atoms with van der Waals surface area (Å²) in [6.07, 6.45) is 3.74. The number of carbonyl (C=O) groups excluding carboxylic acids is 1. The number of rotatable bonds is 5. The van der Waals surface area contributed by atoms with E-state index >= 15 is 0 Å². The molecule has 0 radical (unpaired) electrons. The van der Waals surface area contributed by atoms with Gasteiger partial charge in [-0.1, -0.05) is 12.1 Å². The molecule has 7 heteroatoms. The number of carbonyl (C=O) groups is 1. The minimum absolute atomic E-state index is 0.0327. The van der Waals surface area contributed by atoms with Crippen molar-refractivity contribution in [3.63, 3.8) is 0 Å². The number of hydrogen-bond acceptors (Lipinski definition) is 4. The summed E-state index contributed by atoms with van der Waals surface area (Å²) in [7, 11) is 0. The molecule has 0 aliphatic carbocycles. The molecular formula is C19H22N6O. The van der Waals surface area contributed by atoms with Gasteiger partial charge in [-0.25, -0.2) is 4.68 Å². The Balaban J connectivity index is 1.43. The van der Waals surface area contributed by atoms with Gasteiger partial charge < -0.3 is 5.32 Å². The van der Waals surface area contributed by atoms with Crippen LogP contribution in [-0.2, 0) is 31.0 Å². The first kappa shape index (κ1) is 16.5. The van der Waals surface area contributed by atoms with Gasteiger partial charge in [0, 0.05) is 39.0 Å². The zero-order chi connectivity index (χ0) is 17.9. The second-order valence-corrected chi connectivity index (χ2v) is 6.59. The molecule has 2 aromatic heterocycles. The van der Waals surface area contributed by atoms with Crippen molar-refractivity contribution >= 4 is 5.91 Å². The lowest BCUT2D eigenvalue weighted by Gasteiger charge is -2.27. The number of benzene rings is 1. The molecule has 0 saturated heterocycles. The Bertz CT molecular complexity index is 899. The summed E-state index contributed by atoms with van der Waals surface area (Å²) < 4.78 is 3.93. The molecule has 1 amide bonds. The van der Waals surface area contributed by atoms with Crippen LogP contribution in [0.4, 0.5) is 0 Å². The molecule has 1 aliphatic heterocycles. The van der Waals surface area contributed by atoms with Crippen molar-refractivity contribution in [2.75, 3.05) is 6.54 Å². The summed E-state index contributed by atoms with van der Waals surface area (Å²) in [5.74, 6) is -0.0327. The van der Waals surface area contributed by atoms with Gasteiger partial charge in [0.25, 0.3) is 0 Å². The maximum Gasteiger partial charge on any atom is 0.217 e. The Morgan fingerprint density at radius 2 is 2.15 bits per heavy atom. The second kappa shape index (κ2) is 7.13. The van der Waals surface area contributed by atoms with E-state index in [4.69, 9.17) is 0 Å². The Morgan fingerprint density at radius 3 is 2.96 bits per heavy atom. The Labute approximate surface area is 152 Å². The van der Waals surface area contributed by atoms with Crippen LogP contribution in [0, 0.1) is 0 Å². The maximum absolute atomic E-state index is 11.1. The van der Waals surface area contributed by atoms with Gasteiger partial charge in [0.05, 0.1) is 30.2 Å². The van der Waals surface area contributed by atoms with Crippen molar-refractivity contribution in [2.45, 2.75) is 33.1 Å². The SMILES string of the molecule is CC(=O)NCc1cc2n(n1)CCN(Cc1cccc(-n3cccn3)c1)C2. The number of fused-ring (bicyclic) bond motifs is 1. The van der Waals surface area contributed by atoms with Crippen LogP contribution >= 0.6 is 0 Å². The van der Waals surface area contributed by atoms with E-state index in [1.165, 1.54) is 18.2 Å². The molecule has 0 bridgehead atoms. The highest BCUT2D eigenvalue weighted by molar-refractivity contribution is 5.72. The topological polar surface area (TPSA) is 68.0 Å². The lowest BCUT2D eigenvalue weighted by molar-refractivity contribution is -0.119. The third-order valence-corrected chi connectivity index (χ3v) is 4.53. The fraction of sp³-hybridized carbons (Fsp3) is 0.316. The highest BCUT2D eigenvalue weighted by Gasteiger charge is 2.18. The van der Waals surface area contributed by atoms with Crippen molar-refractivity contribution < 1.29 is 4.79 Å². The minimum Gasteiger partial charge on any atom is -0.351 e. The van der Waals surface area contributed by atoms with Gasteiger partial charge >= 0.3 is 0 Å². The molecule has 3 heterocycles. The van der Waals surface area contributed by atoms with Crippen LogP contribution in [0.15, 0.2) is 48.8 Å². The van der Waals surface area contributed by atoms with Crippen LogP contribution in [0.5, 0.6) is 0 Å². The number of hydrogen-bond donors (Lipinski definition) is 1. The molecule has 3 aromatic rings. The fourth-order valence-electron chi connectivity index (χ4n) is 3.29. The molecular weight excluding hydrogens is 328 g/mol. The summed E-state index contributed by atoms with van der Waals surface area (Å²) in [5.41, 5.74) is 4.45. The van der Waals surface area contributed by atoms with Gasteiger partial charge in [0.1, 0.15) is 0 Å². The van der Waals surface area contributed by atoms with Crippen LogP contribution in [0.25, 0.3) is 5.69 Å². The van der Waals surface area contributed by atoms with Crippen molar-refractivity contribution in [3.8, 4) is 5.69 Å². The van der Waals surface area contributed by atoms with Gasteiger partial charge in [-0.2, -0.15) is 10.2 Å². The molecule has 134 valence electrons. The molecule has 0 saturated carbocycles. The van der Waals surface area contributed by atoms with Crippen LogP contribution in [-0.4, -0.2) is 36.9 Å². The number of amides is 1. The van der Waals surface area contributed by atoms with E-state index in [1.807, 2.05) is 21.6 Å². The van der Waals surface area contributed by atoms with Crippen LogP contribution in [0.1, 0.15) is 23.9 Å². The zero-order valence-corrected chi connectivity index (χ0v) is 14.8. The zero-order valence-electron chi connectivity index (χ0n) is 14.8. The normalized spacial score (nSPS) is 14.2. The highest BCUT2D eigenvalue weighted by Crippen LogP contribution is 2.18. The summed E-state index contributed by atoms with van der Waals surface area (Å²) in [6, 6.07) is 12.5. The maximum atomic E-state index is 11.1. The van der Waals surface area contributed by atoms with Gasteiger partial charge in [-0.15, -0.1) is 0 Å². The third kappa shape index (κ3) is 3.67. The molecule has 4 rings (SSSR count). The van der Waals surface area contributed by atoms with Gasteiger partial charge in [0.2, 0.25) is 5.91 Å². The van der Waals surface area contributed by atoms with E-state index in [0.717, 1.165) is 37.6 Å². The Morgan fingerprint density at radius 1 is 1.23 bits per heavy atom. The van der Waals surface area contributed by atoms with E-state index in [2.05, 4.69) is 50.7 Å².